The Labute approximate surface area is 102 Å². The van der Waals surface area contributed by atoms with Crippen LogP contribution in [0.2, 0.25) is 6.32 Å². The predicted molar refractivity (Wildman–Crippen MR) is 66.7 cm³/mol. The topological polar surface area (TPSA) is 38.3 Å². The van der Waals surface area contributed by atoms with Crippen LogP contribution in [0.3, 0.4) is 0 Å². The number of hydrogen-bond acceptors (Lipinski definition) is 2. The van der Waals surface area contributed by atoms with Crippen molar-refractivity contribution in [1.82, 2.24) is 5.32 Å². The van der Waals surface area contributed by atoms with E-state index in [4.69, 9.17) is 12.6 Å². The van der Waals surface area contributed by atoms with E-state index in [9.17, 15) is 4.79 Å². The molecule has 0 rings (SSSR count). The zero-order valence-corrected chi connectivity index (χ0v) is 11.3. The third kappa shape index (κ3) is 8.79. The van der Waals surface area contributed by atoms with Crippen molar-refractivity contribution in [3.05, 3.63) is 0 Å². The van der Waals surface area contributed by atoms with Crippen molar-refractivity contribution in [2.24, 2.45) is 0 Å². The molecule has 0 aliphatic carbocycles. The number of carbonyl (C=O) groups is 1. The number of hydrogen-bond donors (Lipinski definition) is 1. The Morgan fingerprint density at radius 3 is 2.47 bits per heavy atom. The lowest BCUT2D eigenvalue weighted by Gasteiger charge is -2.23. The van der Waals surface area contributed by atoms with Crippen LogP contribution < -0.4 is 5.32 Å². The summed E-state index contributed by atoms with van der Waals surface area (Å²) in [5.74, 6) is 0. The average Bonchev–Trinajstić information content (AvgIpc) is 2.00. The first-order valence-electron chi connectivity index (χ1n) is 5.14. The second-order valence-electron chi connectivity index (χ2n) is 4.40. The van der Waals surface area contributed by atoms with Gasteiger partial charge in [0.2, 0.25) is 0 Å². The van der Waals surface area contributed by atoms with E-state index >= 15 is 0 Å². The molecule has 1 N–H and O–H groups in total. The zero-order chi connectivity index (χ0) is 11.9. The van der Waals surface area contributed by atoms with Gasteiger partial charge in [-0.3, -0.25) is 0 Å². The van der Waals surface area contributed by atoms with Crippen LogP contribution in [0.25, 0.3) is 0 Å². The van der Waals surface area contributed by atoms with Gasteiger partial charge in [-0.2, -0.15) is 0 Å². The highest BCUT2D eigenvalue weighted by Gasteiger charge is 2.18. The molecule has 1 atom stereocenters. The van der Waals surface area contributed by atoms with Gasteiger partial charge in [-0.05, 0) is 33.6 Å². The summed E-state index contributed by atoms with van der Waals surface area (Å²) in [6.07, 6.45) is 1.82. The van der Waals surface area contributed by atoms with Crippen LogP contribution in [0.5, 0.6) is 0 Å². The third-order valence-corrected chi connectivity index (χ3v) is 2.15. The fraction of sp³-hybridized carbons (Fsp3) is 0.900. The molecule has 0 bridgehead atoms. The number of alkyl carbamates (subject to hydrolysis) is 1. The van der Waals surface area contributed by atoms with Crippen LogP contribution in [-0.4, -0.2) is 30.9 Å². The minimum Gasteiger partial charge on any atom is -0.444 e. The lowest BCUT2D eigenvalue weighted by atomic mass is 9.96. The summed E-state index contributed by atoms with van der Waals surface area (Å²) >= 11 is 3.34. The molecule has 0 aromatic carbocycles. The average molecular weight is 276 g/mol. The molecular weight excluding hydrogens is 257 g/mol. The Morgan fingerprint density at radius 2 is 2.07 bits per heavy atom. The van der Waals surface area contributed by atoms with Crippen LogP contribution in [0.4, 0.5) is 4.79 Å². The van der Waals surface area contributed by atoms with Crippen molar-refractivity contribution in [3.63, 3.8) is 0 Å². The summed E-state index contributed by atoms with van der Waals surface area (Å²) in [4.78, 5) is 11.4. The van der Waals surface area contributed by atoms with Crippen LogP contribution in [0.15, 0.2) is 0 Å². The van der Waals surface area contributed by atoms with Gasteiger partial charge < -0.3 is 10.1 Å². The molecule has 0 saturated heterocycles. The van der Waals surface area contributed by atoms with Crippen LogP contribution in [-0.2, 0) is 4.74 Å². The molecule has 0 fully saturated rings. The maximum absolute atomic E-state index is 11.4. The second kappa shape index (κ2) is 7.15. The van der Waals surface area contributed by atoms with E-state index < -0.39 is 5.60 Å². The Bertz CT molecular complexity index is 188. The normalized spacial score (nSPS) is 13.3. The highest BCUT2D eigenvalue weighted by Crippen LogP contribution is 2.09. The number of amides is 1. The van der Waals surface area contributed by atoms with Crippen molar-refractivity contribution in [2.75, 3.05) is 5.33 Å². The summed E-state index contributed by atoms with van der Waals surface area (Å²) in [6, 6.07) is 0.0872. The van der Waals surface area contributed by atoms with E-state index in [0.29, 0.717) is 6.32 Å². The summed E-state index contributed by atoms with van der Waals surface area (Å²) in [5.41, 5.74) is -0.453. The predicted octanol–water partition coefficient (Wildman–Crippen LogP) is 2.64. The van der Waals surface area contributed by atoms with Gasteiger partial charge in [-0.1, -0.05) is 22.3 Å². The highest BCUT2D eigenvalue weighted by molar-refractivity contribution is 9.09. The van der Waals surface area contributed by atoms with Crippen molar-refractivity contribution >= 4 is 29.9 Å². The van der Waals surface area contributed by atoms with E-state index in [1.54, 1.807) is 0 Å². The first-order chi connectivity index (χ1) is 6.89. The Morgan fingerprint density at radius 1 is 1.47 bits per heavy atom. The number of carbonyl (C=O) groups excluding carboxylic acids is 1. The van der Waals surface area contributed by atoms with Crippen LogP contribution in [0.1, 0.15) is 33.6 Å². The number of rotatable bonds is 5. The SMILES string of the molecule is [B]CCC(CCBr)NC(=O)OC(C)(C)C. The van der Waals surface area contributed by atoms with Gasteiger partial charge in [0, 0.05) is 11.4 Å². The molecule has 1 unspecified atom stereocenters. The van der Waals surface area contributed by atoms with E-state index in [1.165, 1.54) is 0 Å². The van der Waals surface area contributed by atoms with Crippen LogP contribution in [0, 0.1) is 0 Å². The molecule has 3 nitrogen and oxygen atoms in total. The molecule has 0 saturated carbocycles. The van der Waals surface area contributed by atoms with E-state index in [-0.39, 0.29) is 12.1 Å². The molecule has 0 aromatic rings. The van der Waals surface area contributed by atoms with Crippen molar-refractivity contribution < 1.29 is 9.53 Å². The van der Waals surface area contributed by atoms with Gasteiger partial charge in [-0.15, -0.1) is 0 Å². The van der Waals surface area contributed by atoms with E-state index in [1.807, 2.05) is 20.8 Å². The summed E-state index contributed by atoms with van der Waals surface area (Å²) < 4.78 is 5.15. The molecular formula is C10H19BBrNO2. The summed E-state index contributed by atoms with van der Waals surface area (Å²) in [5, 5.41) is 3.64. The maximum atomic E-state index is 11.4. The molecule has 0 heterocycles. The van der Waals surface area contributed by atoms with Gasteiger partial charge >= 0.3 is 6.09 Å². The first kappa shape index (κ1) is 14.8. The molecule has 2 radical (unpaired) electrons. The molecule has 1 amide bonds. The lowest BCUT2D eigenvalue weighted by molar-refractivity contribution is 0.0502. The second-order valence-corrected chi connectivity index (χ2v) is 5.19. The molecule has 15 heavy (non-hydrogen) atoms. The third-order valence-electron chi connectivity index (χ3n) is 1.69. The standard InChI is InChI=1S/C10H19BBrNO2/c1-10(2,3)15-9(14)13-8(4-6-11)5-7-12/h8H,4-7H2,1-3H3,(H,13,14). The summed E-state index contributed by atoms with van der Waals surface area (Å²) in [7, 11) is 5.46. The quantitative estimate of drug-likeness (QED) is 0.619. The number of nitrogens with one attached hydrogen (secondary N) is 1. The highest BCUT2D eigenvalue weighted by atomic mass is 79.9. The number of halogens is 1. The number of ether oxygens (including phenoxy) is 1. The monoisotopic (exact) mass is 275 g/mol. The van der Waals surface area contributed by atoms with Crippen molar-refractivity contribution in [1.29, 1.82) is 0 Å². The molecule has 0 aromatic heterocycles. The van der Waals surface area contributed by atoms with Gasteiger partial charge in [0.25, 0.3) is 0 Å². The minimum atomic E-state index is -0.453. The zero-order valence-electron chi connectivity index (χ0n) is 9.68. The Hall–Kier alpha value is -0.185. The van der Waals surface area contributed by atoms with Gasteiger partial charge in [0.05, 0.1) is 7.85 Å². The van der Waals surface area contributed by atoms with Crippen molar-refractivity contribution in [3.8, 4) is 0 Å². The number of alkyl halides is 1. The fourth-order valence-corrected chi connectivity index (χ4v) is 1.65. The first-order valence-corrected chi connectivity index (χ1v) is 6.26. The molecule has 0 spiro atoms. The largest absolute Gasteiger partial charge is 0.444 e. The molecule has 86 valence electrons. The maximum Gasteiger partial charge on any atom is 0.407 e. The van der Waals surface area contributed by atoms with E-state index in [2.05, 4.69) is 21.2 Å². The van der Waals surface area contributed by atoms with Gasteiger partial charge in [-0.25, -0.2) is 4.79 Å². The van der Waals surface area contributed by atoms with Gasteiger partial charge in [0.15, 0.2) is 0 Å². The van der Waals surface area contributed by atoms with Gasteiger partial charge in [0.1, 0.15) is 5.60 Å². The van der Waals surface area contributed by atoms with E-state index in [0.717, 1.165) is 18.2 Å². The smallest absolute Gasteiger partial charge is 0.407 e. The Balaban J connectivity index is 3.99. The molecule has 0 aliphatic heterocycles. The fourth-order valence-electron chi connectivity index (χ4n) is 1.10. The molecule has 0 aliphatic rings. The van der Waals surface area contributed by atoms with Crippen molar-refractivity contribution in [2.45, 2.75) is 51.6 Å². The van der Waals surface area contributed by atoms with Crippen LogP contribution >= 0.6 is 15.9 Å². The Kier molecular flexibility index (Phi) is 7.06. The lowest BCUT2D eigenvalue weighted by Crippen LogP contribution is -2.39. The minimum absolute atomic E-state index is 0.0872. The summed E-state index contributed by atoms with van der Waals surface area (Å²) in [6.45, 7) is 5.53. The molecule has 5 heteroatoms.